The molecule has 1 aromatic rings. The second-order valence-electron chi connectivity index (χ2n) is 3.91. The fourth-order valence-electron chi connectivity index (χ4n) is 1.85. The Morgan fingerprint density at radius 2 is 1.94 bits per heavy atom. The van der Waals surface area contributed by atoms with E-state index in [0.29, 0.717) is 10.2 Å². The van der Waals surface area contributed by atoms with Crippen LogP contribution in [-0.2, 0) is 0 Å². The van der Waals surface area contributed by atoms with Gasteiger partial charge in [0.2, 0.25) is 0 Å². The zero-order valence-electron chi connectivity index (χ0n) is 8.69. The van der Waals surface area contributed by atoms with Crippen molar-refractivity contribution in [1.82, 2.24) is 5.32 Å². The summed E-state index contributed by atoms with van der Waals surface area (Å²) in [5.41, 5.74) is 0.355. The lowest BCUT2D eigenvalue weighted by atomic mass is 10.1. The van der Waals surface area contributed by atoms with Crippen LogP contribution in [0.5, 0.6) is 0 Å². The molecule has 0 unspecified atom stereocenters. The van der Waals surface area contributed by atoms with E-state index in [9.17, 15) is 8.78 Å². The summed E-state index contributed by atoms with van der Waals surface area (Å²) in [6.07, 6.45) is 1.90. The normalized spacial score (nSPS) is 17.4. The number of rotatable bonds is 2. The van der Waals surface area contributed by atoms with Crippen LogP contribution in [0.25, 0.3) is 0 Å². The third-order valence-corrected chi connectivity index (χ3v) is 3.32. The molecule has 0 aliphatic carbocycles. The van der Waals surface area contributed by atoms with Gasteiger partial charge in [0.1, 0.15) is 11.6 Å². The van der Waals surface area contributed by atoms with Gasteiger partial charge in [-0.2, -0.15) is 0 Å². The van der Waals surface area contributed by atoms with Crippen LogP contribution in [0, 0.1) is 11.6 Å². The Labute approximate surface area is 102 Å². The van der Waals surface area contributed by atoms with E-state index in [1.807, 2.05) is 0 Å². The zero-order chi connectivity index (χ0) is 11.5. The highest BCUT2D eigenvalue weighted by Crippen LogP contribution is 2.28. The number of hydrogen-bond acceptors (Lipinski definition) is 2. The minimum Gasteiger partial charge on any atom is -0.379 e. The molecule has 1 aromatic carbocycles. The number of benzene rings is 1. The third-order valence-electron chi connectivity index (χ3n) is 2.69. The first-order valence-corrected chi connectivity index (χ1v) is 6.08. The van der Waals surface area contributed by atoms with Gasteiger partial charge in [-0.15, -0.1) is 0 Å². The summed E-state index contributed by atoms with van der Waals surface area (Å²) in [4.78, 5) is 0. The summed E-state index contributed by atoms with van der Waals surface area (Å²) in [7, 11) is 0. The molecule has 1 saturated heterocycles. The van der Waals surface area contributed by atoms with Crippen molar-refractivity contribution < 1.29 is 8.78 Å². The van der Waals surface area contributed by atoms with E-state index in [1.54, 1.807) is 0 Å². The number of piperidine rings is 1. The molecule has 0 spiro atoms. The summed E-state index contributed by atoms with van der Waals surface area (Å²) >= 11 is 3.17. The Kier molecular flexibility index (Phi) is 3.76. The van der Waals surface area contributed by atoms with Gasteiger partial charge in [0.25, 0.3) is 0 Å². The maximum atomic E-state index is 13.5. The average molecular weight is 291 g/mol. The second kappa shape index (κ2) is 5.10. The van der Waals surface area contributed by atoms with Crippen molar-refractivity contribution in [1.29, 1.82) is 0 Å². The minimum absolute atomic E-state index is 0.248. The molecule has 16 heavy (non-hydrogen) atoms. The largest absolute Gasteiger partial charge is 0.379 e. The first kappa shape index (κ1) is 11.8. The summed E-state index contributed by atoms with van der Waals surface area (Å²) in [5, 5.41) is 6.35. The van der Waals surface area contributed by atoms with E-state index < -0.39 is 11.6 Å². The Bertz CT molecular complexity index is 355. The van der Waals surface area contributed by atoms with Crippen molar-refractivity contribution in [3.8, 4) is 0 Å². The fraction of sp³-hybridized carbons (Fsp3) is 0.455. The summed E-state index contributed by atoms with van der Waals surface area (Å²) < 4.78 is 26.8. The SMILES string of the molecule is Fc1cc(F)c(NC2CCNCC2)c(Br)c1. The monoisotopic (exact) mass is 290 g/mol. The van der Waals surface area contributed by atoms with Crippen molar-refractivity contribution in [2.75, 3.05) is 18.4 Å². The number of nitrogens with one attached hydrogen (secondary N) is 2. The van der Waals surface area contributed by atoms with E-state index in [1.165, 1.54) is 6.07 Å². The maximum Gasteiger partial charge on any atom is 0.150 e. The molecule has 1 aliphatic heterocycles. The van der Waals surface area contributed by atoms with Gasteiger partial charge in [0.05, 0.1) is 5.69 Å². The quantitative estimate of drug-likeness (QED) is 0.875. The average Bonchev–Trinajstić information content (AvgIpc) is 2.25. The zero-order valence-corrected chi connectivity index (χ0v) is 10.3. The van der Waals surface area contributed by atoms with Crippen LogP contribution in [0.2, 0.25) is 0 Å². The molecule has 0 amide bonds. The van der Waals surface area contributed by atoms with Crippen LogP contribution >= 0.6 is 15.9 Å². The van der Waals surface area contributed by atoms with Gasteiger partial charge in [-0.3, -0.25) is 0 Å². The van der Waals surface area contributed by atoms with Crippen LogP contribution < -0.4 is 10.6 Å². The Morgan fingerprint density at radius 1 is 1.25 bits per heavy atom. The molecular formula is C11H13BrF2N2. The molecule has 2 rings (SSSR count). The Balaban J connectivity index is 2.14. The Morgan fingerprint density at radius 3 is 2.56 bits per heavy atom. The molecule has 1 fully saturated rings. The highest BCUT2D eigenvalue weighted by Gasteiger charge is 2.16. The lowest BCUT2D eigenvalue weighted by molar-refractivity contribution is 0.476. The second-order valence-corrected chi connectivity index (χ2v) is 4.77. The maximum absolute atomic E-state index is 13.5. The van der Waals surface area contributed by atoms with Crippen molar-refractivity contribution in [2.24, 2.45) is 0 Å². The van der Waals surface area contributed by atoms with Crippen LogP contribution in [0.15, 0.2) is 16.6 Å². The lowest BCUT2D eigenvalue weighted by Gasteiger charge is -2.25. The molecule has 5 heteroatoms. The van der Waals surface area contributed by atoms with Crippen LogP contribution in [0.3, 0.4) is 0 Å². The van der Waals surface area contributed by atoms with Crippen molar-refractivity contribution >= 4 is 21.6 Å². The van der Waals surface area contributed by atoms with E-state index >= 15 is 0 Å². The van der Waals surface area contributed by atoms with Gasteiger partial charge >= 0.3 is 0 Å². The number of halogens is 3. The molecule has 2 N–H and O–H groups in total. The molecule has 1 aliphatic rings. The van der Waals surface area contributed by atoms with E-state index in [-0.39, 0.29) is 6.04 Å². The van der Waals surface area contributed by atoms with Crippen molar-refractivity contribution in [2.45, 2.75) is 18.9 Å². The van der Waals surface area contributed by atoms with E-state index in [2.05, 4.69) is 26.6 Å². The first-order chi connectivity index (χ1) is 7.66. The van der Waals surface area contributed by atoms with Crippen molar-refractivity contribution in [3.05, 3.63) is 28.2 Å². The van der Waals surface area contributed by atoms with Gasteiger partial charge in [-0.1, -0.05) is 0 Å². The molecule has 0 aromatic heterocycles. The number of anilines is 1. The predicted octanol–water partition coefficient (Wildman–Crippen LogP) is 2.89. The van der Waals surface area contributed by atoms with Crippen LogP contribution in [-0.4, -0.2) is 19.1 Å². The lowest BCUT2D eigenvalue weighted by Crippen LogP contribution is -2.35. The molecule has 0 radical (unpaired) electrons. The fourth-order valence-corrected chi connectivity index (χ4v) is 2.37. The van der Waals surface area contributed by atoms with Gasteiger partial charge < -0.3 is 10.6 Å². The van der Waals surface area contributed by atoms with Gasteiger partial charge in [0.15, 0.2) is 0 Å². The molecule has 1 heterocycles. The molecule has 0 saturated carbocycles. The summed E-state index contributed by atoms with van der Waals surface area (Å²) in [5.74, 6) is -1.12. The van der Waals surface area contributed by atoms with E-state index in [0.717, 1.165) is 32.0 Å². The first-order valence-electron chi connectivity index (χ1n) is 5.28. The van der Waals surface area contributed by atoms with Crippen molar-refractivity contribution in [3.63, 3.8) is 0 Å². The van der Waals surface area contributed by atoms with E-state index in [4.69, 9.17) is 0 Å². The van der Waals surface area contributed by atoms with Gasteiger partial charge in [0, 0.05) is 16.6 Å². The minimum atomic E-state index is -0.569. The highest BCUT2D eigenvalue weighted by molar-refractivity contribution is 9.10. The summed E-state index contributed by atoms with van der Waals surface area (Å²) in [6, 6.07) is 2.42. The predicted molar refractivity (Wildman–Crippen MR) is 63.6 cm³/mol. The molecule has 0 bridgehead atoms. The van der Waals surface area contributed by atoms with Crippen LogP contribution in [0.4, 0.5) is 14.5 Å². The Hall–Kier alpha value is -0.680. The van der Waals surface area contributed by atoms with Gasteiger partial charge in [-0.25, -0.2) is 8.78 Å². The number of hydrogen-bond donors (Lipinski definition) is 2. The molecule has 2 nitrogen and oxygen atoms in total. The summed E-state index contributed by atoms with van der Waals surface area (Å²) in [6.45, 7) is 1.86. The third kappa shape index (κ3) is 2.71. The smallest absolute Gasteiger partial charge is 0.150 e. The topological polar surface area (TPSA) is 24.1 Å². The molecule has 0 atom stereocenters. The van der Waals surface area contributed by atoms with Crippen LogP contribution in [0.1, 0.15) is 12.8 Å². The standard InChI is InChI=1S/C11H13BrF2N2/c12-9-5-7(13)6-10(14)11(9)16-8-1-3-15-4-2-8/h5-6,8,15-16H,1-4H2. The molecule has 88 valence electrons. The van der Waals surface area contributed by atoms with Gasteiger partial charge in [-0.05, 0) is 47.9 Å². The molecular weight excluding hydrogens is 278 g/mol. The highest BCUT2D eigenvalue weighted by atomic mass is 79.9.